The molecule has 84 valence electrons. The summed E-state index contributed by atoms with van der Waals surface area (Å²) in [7, 11) is -3.31. The molecule has 1 aliphatic rings. The number of hydrogen-bond acceptors (Lipinski definition) is 3. The highest BCUT2D eigenvalue weighted by molar-refractivity contribution is 7.89. The molecule has 0 aliphatic carbocycles. The molecule has 15 heavy (non-hydrogen) atoms. The van der Waals surface area contributed by atoms with E-state index in [2.05, 4.69) is 17.1 Å². The van der Waals surface area contributed by atoms with Crippen molar-refractivity contribution in [2.75, 3.05) is 13.1 Å². The Morgan fingerprint density at radius 1 is 1.60 bits per heavy atom. The number of sulfonamides is 1. The number of H-pyrrole nitrogens is 1. The molecule has 1 aromatic heterocycles. The van der Waals surface area contributed by atoms with Gasteiger partial charge in [0.1, 0.15) is 4.90 Å². The van der Waals surface area contributed by atoms with Crippen LogP contribution >= 0.6 is 0 Å². The molecule has 0 amide bonds. The van der Waals surface area contributed by atoms with Gasteiger partial charge < -0.3 is 0 Å². The van der Waals surface area contributed by atoms with Crippen LogP contribution in [0.2, 0.25) is 0 Å². The van der Waals surface area contributed by atoms with Crippen molar-refractivity contribution in [3.63, 3.8) is 0 Å². The summed E-state index contributed by atoms with van der Waals surface area (Å²) >= 11 is 0. The quantitative estimate of drug-likeness (QED) is 0.817. The summed E-state index contributed by atoms with van der Waals surface area (Å²) in [4.78, 5) is 0.261. The Kier molecular flexibility index (Phi) is 2.79. The Labute approximate surface area is 89.5 Å². The molecule has 0 bridgehead atoms. The van der Waals surface area contributed by atoms with Crippen LogP contribution in [-0.2, 0) is 10.0 Å². The van der Waals surface area contributed by atoms with Crippen LogP contribution in [-0.4, -0.2) is 36.0 Å². The molecule has 0 aromatic carbocycles. The van der Waals surface area contributed by atoms with Crippen molar-refractivity contribution < 1.29 is 8.42 Å². The molecule has 1 aliphatic heterocycles. The normalized spacial score (nSPS) is 24.2. The summed E-state index contributed by atoms with van der Waals surface area (Å²) in [5.41, 5.74) is 0. The summed E-state index contributed by atoms with van der Waals surface area (Å²) in [5, 5.41) is 6.20. The van der Waals surface area contributed by atoms with Crippen LogP contribution in [0.5, 0.6) is 0 Å². The molecule has 1 fully saturated rings. The molecule has 0 spiro atoms. The Bertz CT molecular complexity index is 413. The molecule has 0 saturated carbocycles. The van der Waals surface area contributed by atoms with E-state index in [4.69, 9.17) is 0 Å². The lowest BCUT2D eigenvalue weighted by atomic mass is 10.0. The lowest BCUT2D eigenvalue weighted by Crippen LogP contribution is -2.38. The lowest BCUT2D eigenvalue weighted by Gasteiger charge is -2.29. The maximum absolute atomic E-state index is 12.1. The molecule has 1 aromatic rings. The Hall–Kier alpha value is -0.880. The largest absolute Gasteiger partial charge is 0.284 e. The third-order valence-electron chi connectivity index (χ3n) is 2.73. The van der Waals surface area contributed by atoms with E-state index in [1.54, 1.807) is 4.31 Å². The first kappa shape index (κ1) is 10.6. The molecular weight excluding hydrogens is 214 g/mol. The van der Waals surface area contributed by atoms with Crippen LogP contribution in [0.4, 0.5) is 0 Å². The van der Waals surface area contributed by atoms with Crippen LogP contribution in [0.1, 0.15) is 19.8 Å². The number of aromatic amines is 1. The average molecular weight is 229 g/mol. The van der Waals surface area contributed by atoms with E-state index in [1.807, 2.05) is 0 Å². The lowest BCUT2D eigenvalue weighted by molar-refractivity contribution is 0.281. The number of nitrogens with zero attached hydrogens (tertiary/aromatic N) is 2. The van der Waals surface area contributed by atoms with Crippen molar-refractivity contribution in [3.05, 3.63) is 12.4 Å². The van der Waals surface area contributed by atoms with Crippen molar-refractivity contribution >= 4 is 10.0 Å². The van der Waals surface area contributed by atoms with Gasteiger partial charge in [-0.15, -0.1) is 0 Å². The van der Waals surface area contributed by atoms with Gasteiger partial charge in [-0.3, -0.25) is 5.10 Å². The van der Waals surface area contributed by atoms with Gasteiger partial charge in [-0.2, -0.15) is 9.40 Å². The third-order valence-corrected chi connectivity index (χ3v) is 4.56. The maximum atomic E-state index is 12.1. The minimum atomic E-state index is -3.31. The van der Waals surface area contributed by atoms with E-state index >= 15 is 0 Å². The summed E-state index contributed by atoms with van der Waals surface area (Å²) < 4.78 is 25.7. The zero-order chi connectivity index (χ0) is 10.9. The van der Waals surface area contributed by atoms with E-state index < -0.39 is 10.0 Å². The molecule has 1 N–H and O–H groups in total. The Morgan fingerprint density at radius 2 is 2.40 bits per heavy atom. The van der Waals surface area contributed by atoms with Gasteiger partial charge in [0, 0.05) is 19.3 Å². The first-order valence-electron chi connectivity index (χ1n) is 5.09. The predicted molar refractivity (Wildman–Crippen MR) is 55.7 cm³/mol. The van der Waals surface area contributed by atoms with Crippen LogP contribution in [0.15, 0.2) is 17.3 Å². The summed E-state index contributed by atoms with van der Waals surface area (Å²) in [6.07, 6.45) is 4.83. The first-order chi connectivity index (χ1) is 7.10. The molecule has 2 rings (SSSR count). The van der Waals surface area contributed by atoms with E-state index in [-0.39, 0.29) is 4.90 Å². The third kappa shape index (κ3) is 2.05. The molecule has 0 unspecified atom stereocenters. The van der Waals surface area contributed by atoms with Crippen LogP contribution in [0, 0.1) is 5.92 Å². The minimum Gasteiger partial charge on any atom is -0.284 e. The van der Waals surface area contributed by atoms with Gasteiger partial charge in [0.05, 0.1) is 6.20 Å². The number of rotatable bonds is 2. The molecule has 5 nitrogen and oxygen atoms in total. The first-order valence-corrected chi connectivity index (χ1v) is 6.53. The van der Waals surface area contributed by atoms with Crippen molar-refractivity contribution in [2.24, 2.45) is 5.92 Å². The highest BCUT2D eigenvalue weighted by Gasteiger charge is 2.28. The zero-order valence-corrected chi connectivity index (χ0v) is 9.50. The van der Waals surface area contributed by atoms with E-state index in [9.17, 15) is 8.42 Å². The number of piperidine rings is 1. The smallest absolute Gasteiger partial charge is 0.246 e. The maximum Gasteiger partial charge on any atom is 0.246 e. The summed E-state index contributed by atoms with van der Waals surface area (Å²) in [6, 6.07) is 0. The highest BCUT2D eigenvalue weighted by atomic mass is 32.2. The van der Waals surface area contributed by atoms with Gasteiger partial charge in [0.2, 0.25) is 10.0 Å². The summed E-state index contributed by atoms with van der Waals surface area (Å²) in [5.74, 6) is 0.445. The van der Waals surface area contributed by atoms with Crippen LogP contribution in [0.3, 0.4) is 0 Å². The van der Waals surface area contributed by atoms with Gasteiger partial charge in [-0.25, -0.2) is 8.42 Å². The minimum absolute atomic E-state index is 0.261. The van der Waals surface area contributed by atoms with Crippen molar-refractivity contribution in [2.45, 2.75) is 24.7 Å². The highest BCUT2D eigenvalue weighted by Crippen LogP contribution is 2.22. The second kappa shape index (κ2) is 3.94. The topological polar surface area (TPSA) is 66.1 Å². The van der Waals surface area contributed by atoms with Gasteiger partial charge in [-0.05, 0) is 18.8 Å². The van der Waals surface area contributed by atoms with E-state index in [1.165, 1.54) is 12.4 Å². The summed E-state index contributed by atoms with van der Waals surface area (Å²) in [6.45, 7) is 3.32. The molecule has 0 radical (unpaired) electrons. The van der Waals surface area contributed by atoms with Crippen LogP contribution < -0.4 is 0 Å². The number of hydrogen-bond donors (Lipinski definition) is 1. The van der Waals surface area contributed by atoms with E-state index in [0.29, 0.717) is 19.0 Å². The van der Waals surface area contributed by atoms with Crippen molar-refractivity contribution in [1.82, 2.24) is 14.5 Å². The second-order valence-corrected chi connectivity index (χ2v) is 5.98. The van der Waals surface area contributed by atoms with Crippen molar-refractivity contribution in [3.8, 4) is 0 Å². The van der Waals surface area contributed by atoms with Crippen molar-refractivity contribution in [1.29, 1.82) is 0 Å². The molecule has 1 atom stereocenters. The van der Waals surface area contributed by atoms with Gasteiger partial charge in [0.25, 0.3) is 0 Å². The molecule has 1 saturated heterocycles. The molecular formula is C9H15N3O2S. The molecule has 2 heterocycles. The fourth-order valence-electron chi connectivity index (χ4n) is 1.89. The van der Waals surface area contributed by atoms with Crippen LogP contribution in [0.25, 0.3) is 0 Å². The molecule has 6 heteroatoms. The standard InChI is InChI=1S/C9H15N3O2S/c1-8-3-2-4-12(7-8)15(13,14)9-5-10-11-6-9/h5-6,8H,2-4,7H2,1H3,(H,10,11)/t8-/m1/s1. The number of aromatic nitrogens is 2. The van der Waals surface area contributed by atoms with Gasteiger partial charge >= 0.3 is 0 Å². The second-order valence-electron chi connectivity index (χ2n) is 4.04. The zero-order valence-electron chi connectivity index (χ0n) is 8.68. The van der Waals surface area contributed by atoms with Gasteiger partial charge in [0.15, 0.2) is 0 Å². The Balaban J connectivity index is 2.22. The number of nitrogens with one attached hydrogen (secondary N) is 1. The SMILES string of the molecule is C[C@@H]1CCCN(S(=O)(=O)c2cn[nH]c2)C1. The van der Waals surface area contributed by atoms with E-state index in [0.717, 1.165) is 12.8 Å². The Morgan fingerprint density at radius 3 is 3.00 bits per heavy atom. The fraction of sp³-hybridized carbons (Fsp3) is 0.667. The average Bonchev–Trinajstić information content (AvgIpc) is 2.71. The fourth-order valence-corrected chi connectivity index (χ4v) is 3.40. The predicted octanol–water partition coefficient (Wildman–Crippen LogP) is 0.830. The van der Waals surface area contributed by atoms with Gasteiger partial charge in [-0.1, -0.05) is 6.92 Å². The monoisotopic (exact) mass is 229 g/mol.